The van der Waals surface area contributed by atoms with Gasteiger partial charge in [0.1, 0.15) is 11.9 Å². The number of hydrogen-bond donors (Lipinski definition) is 1. The van der Waals surface area contributed by atoms with Gasteiger partial charge in [-0.3, -0.25) is 4.90 Å². The van der Waals surface area contributed by atoms with E-state index in [0.717, 1.165) is 44.8 Å². The van der Waals surface area contributed by atoms with Crippen molar-refractivity contribution in [3.63, 3.8) is 0 Å². The molecule has 4 rings (SSSR count). The fraction of sp³-hybridized carbons (Fsp3) is 0.476. The zero-order valence-corrected chi connectivity index (χ0v) is 15.7. The van der Waals surface area contributed by atoms with E-state index in [4.69, 9.17) is 0 Å². The number of rotatable bonds is 5. The van der Waals surface area contributed by atoms with Crippen molar-refractivity contribution in [1.29, 1.82) is 0 Å². The lowest BCUT2D eigenvalue weighted by atomic mass is 9.90. The summed E-state index contributed by atoms with van der Waals surface area (Å²) in [5, 5.41) is 12.0. The van der Waals surface area contributed by atoms with Crippen molar-refractivity contribution in [2.75, 3.05) is 13.1 Å². The maximum Gasteiger partial charge on any atom is 0.137 e. The SMILES string of the molecule is CCn1ccc2c(CN3CCC(C(O)c4nccn4C)CC3)cccc21. The summed E-state index contributed by atoms with van der Waals surface area (Å²) >= 11 is 0. The summed E-state index contributed by atoms with van der Waals surface area (Å²) in [6.07, 6.45) is 7.41. The molecule has 5 heteroatoms. The molecular formula is C21H28N4O. The Balaban J connectivity index is 1.41. The molecule has 0 amide bonds. The number of benzene rings is 1. The molecule has 0 aliphatic carbocycles. The van der Waals surface area contributed by atoms with Gasteiger partial charge in [0.15, 0.2) is 0 Å². The van der Waals surface area contributed by atoms with Gasteiger partial charge in [0, 0.05) is 49.6 Å². The zero-order chi connectivity index (χ0) is 18.1. The lowest BCUT2D eigenvalue weighted by Gasteiger charge is -2.34. The highest BCUT2D eigenvalue weighted by molar-refractivity contribution is 5.83. The second kappa shape index (κ2) is 7.25. The lowest BCUT2D eigenvalue weighted by Crippen LogP contribution is -2.35. The molecule has 1 atom stereocenters. The van der Waals surface area contributed by atoms with E-state index in [1.807, 2.05) is 17.8 Å². The van der Waals surface area contributed by atoms with Crippen LogP contribution in [0.15, 0.2) is 42.9 Å². The van der Waals surface area contributed by atoms with Crippen molar-refractivity contribution in [2.24, 2.45) is 13.0 Å². The molecule has 1 fully saturated rings. The number of aromatic nitrogens is 3. The van der Waals surface area contributed by atoms with Crippen molar-refractivity contribution < 1.29 is 5.11 Å². The zero-order valence-electron chi connectivity index (χ0n) is 15.7. The molecule has 1 aliphatic heterocycles. The number of aliphatic hydroxyl groups is 1. The summed E-state index contributed by atoms with van der Waals surface area (Å²) in [5.74, 6) is 1.08. The van der Waals surface area contributed by atoms with Gasteiger partial charge in [-0.25, -0.2) is 4.98 Å². The first-order valence-electron chi connectivity index (χ1n) is 9.61. The first-order valence-corrected chi connectivity index (χ1v) is 9.61. The molecule has 2 aromatic heterocycles. The summed E-state index contributed by atoms with van der Waals surface area (Å²) in [4.78, 5) is 6.83. The predicted molar refractivity (Wildman–Crippen MR) is 104 cm³/mol. The van der Waals surface area contributed by atoms with Gasteiger partial charge < -0.3 is 14.2 Å². The van der Waals surface area contributed by atoms with E-state index in [0.29, 0.717) is 5.92 Å². The lowest BCUT2D eigenvalue weighted by molar-refractivity contribution is 0.0493. The number of imidazole rings is 1. The van der Waals surface area contributed by atoms with Crippen molar-refractivity contribution in [1.82, 2.24) is 19.0 Å². The van der Waals surface area contributed by atoms with Crippen LogP contribution in [0.1, 0.15) is 37.3 Å². The van der Waals surface area contributed by atoms with Crippen LogP contribution in [-0.2, 0) is 20.1 Å². The Kier molecular flexibility index (Phi) is 4.83. The molecule has 3 heterocycles. The number of fused-ring (bicyclic) bond motifs is 1. The highest BCUT2D eigenvalue weighted by atomic mass is 16.3. The Labute approximate surface area is 154 Å². The molecule has 1 unspecified atom stereocenters. The predicted octanol–water partition coefficient (Wildman–Crippen LogP) is 3.34. The Morgan fingerprint density at radius 2 is 2.00 bits per heavy atom. The molecule has 0 spiro atoms. The number of nitrogens with zero attached hydrogens (tertiary/aromatic N) is 4. The number of likely N-dealkylation sites (tertiary alicyclic amines) is 1. The largest absolute Gasteiger partial charge is 0.385 e. The van der Waals surface area contributed by atoms with Gasteiger partial charge in [-0.05, 0) is 56.5 Å². The molecule has 0 radical (unpaired) electrons. The van der Waals surface area contributed by atoms with Gasteiger partial charge in [-0.15, -0.1) is 0 Å². The normalized spacial score (nSPS) is 17.8. The average molecular weight is 352 g/mol. The Bertz CT molecular complexity index is 873. The monoisotopic (exact) mass is 352 g/mol. The quantitative estimate of drug-likeness (QED) is 0.766. The summed E-state index contributed by atoms with van der Waals surface area (Å²) < 4.78 is 4.23. The maximum absolute atomic E-state index is 10.7. The van der Waals surface area contributed by atoms with E-state index >= 15 is 0 Å². The van der Waals surface area contributed by atoms with E-state index in [1.165, 1.54) is 16.5 Å². The molecule has 1 saturated heterocycles. The van der Waals surface area contributed by atoms with E-state index in [-0.39, 0.29) is 0 Å². The number of hydrogen-bond acceptors (Lipinski definition) is 3. The average Bonchev–Trinajstić information content (AvgIpc) is 3.28. The van der Waals surface area contributed by atoms with E-state index in [1.54, 1.807) is 6.20 Å². The van der Waals surface area contributed by atoms with Crippen molar-refractivity contribution in [3.05, 3.63) is 54.2 Å². The van der Waals surface area contributed by atoms with Gasteiger partial charge >= 0.3 is 0 Å². The molecule has 3 aromatic rings. The van der Waals surface area contributed by atoms with Gasteiger partial charge in [0.25, 0.3) is 0 Å². The third-order valence-electron chi connectivity index (χ3n) is 5.84. The molecule has 5 nitrogen and oxygen atoms in total. The van der Waals surface area contributed by atoms with Gasteiger partial charge in [0.2, 0.25) is 0 Å². The summed E-state index contributed by atoms with van der Waals surface area (Å²) in [6, 6.07) is 8.86. The number of piperidine rings is 1. The maximum atomic E-state index is 10.7. The first kappa shape index (κ1) is 17.3. The molecule has 26 heavy (non-hydrogen) atoms. The smallest absolute Gasteiger partial charge is 0.137 e. The van der Waals surface area contributed by atoms with Crippen LogP contribution < -0.4 is 0 Å². The van der Waals surface area contributed by atoms with Crippen LogP contribution in [0.3, 0.4) is 0 Å². The second-order valence-corrected chi connectivity index (χ2v) is 7.41. The summed E-state index contributed by atoms with van der Waals surface area (Å²) in [7, 11) is 1.95. The second-order valence-electron chi connectivity index (χ2n) is 7.41. The minimum Gasteiger partial charge on any atom is -0.385 e. The van der Waals surface area contributed by atoms with Crippen molar-refractivity contribution in [2.45, 2.75) is 39.0 Å². The highest BCUT2D eigenvalue weighted by Crippen LogP contribution is 2.31. The number of aryl methyl sites for hydroxylation is 2. The van der Waals surface area contributed by atoms with Crippen molar-refractivity contribution >= 4 is 10.9 Å². The fourth-order valence-corrected chi connectivity index (χ4v) is 4.24. The van der Waals surface area contributed by atoms with E-state index < -0.39 is 6.10 Å². The van der Waals surface area contributed by atoms with Crippen LogP contribution in [0.4, 0.5) is 0 Å². The molecule has 0 bridgehead atoms. The minimum absolute atomic E-state index is 0.296. The highest BCUT2D eigenvalue weighted by Gasteiger charge is 2.28. The minimum atomic E-state index is -0.459. The van der Waals surface area contributed by atoms with Crippen LogP contribution in [0.5, 0.6) is 0 Å². The van der Waals surface area contributed by atoms with E-state index in [2.05, 4.69) is 51.8 Å². The van der Waals surface area contributed by atoms with Crippen LogP contribution in [0, 0.1) is 5.92 Å². The summed E-state index contributed by atoms with van der Waals surface area (Å²) in [5.41, 5.74) is 2.72. The standard InChI is InChI=1S/C21H28N4O/c1-3-25-13-9-18-17(5-4-6-19(18)25)15-24-11-7-16(8-12-24)20(26)21-22-10-14-23(21)2/h4-6,9-10,13-14,16,20,26H,3,7-8,11-12,15H2,1-2H3. The van der Waals surface area contributed by atoms with Crippen LogP contribution in [0.2, 0.25) is 0 Å². The molecule has 1 aliphatic rings. The third-order valence-corrected chi connectivity index (χ3v) is 5.84. The topological polar surface area (TPSA) is 46.2 Å². The molecule has 0 saturated carbocycles. The number of aliphatic hydroxyl groups excluding tert-OH is 1. The Hall–Kier alpha value is -2.11. The van der Waals surface area contributed by atoms with E-state index in [9.17, 15) is 5.11 Å². The Morgan fingerprint density at radius 3 is 2.69 bits per heavy atom. The molecule has 1 N–H and O–H groups in total. The van der Waals surface area contributed by atoms with Crippen LogP contribution in [-0.4, -0.2) is 37.2 Å². The third kappa shape index (κ3) is 3.17. The molecular weight excluding hydrogens is 324 g/mol. The molecule has 138 valence electrons. The van der Waals surface area contributed by atoms with Gasteiger partial charge in [-0.2, -0.15) is 0 Å². The van der Waals surface area contributed by atoms with Crippen molar-refractivity contribution in [3.8, 4) is 0 Å². The van der Waals surface area contributed by atoms with Gasteiger partial charge in [-0.1, -0.05) is 12.1 Å². The first-order chi connectivity index (χ1) is 12.7. The summed E-state index contributed by atoms with van der Waals surface area (Å²) in [6.45, 7) is 6.22. The Morgan fingerprint density at radius 1 is 1.19 bits per heavy atom. The van der Waals surface area contributed by atoms with Gasteiger partial charge in [0.05, 0.1) is 0 Å². The molecule has 1 aromatic carbocycles. The van der Waals surface area contributed by atoms with Crippen LogP contribution in [0.25, 0.3) is 10.9 Å². The van der Waals surface area contributed by atoms with Crippen LogP contribution >= 0.6 is 0 Å². The fourth-order valence-electron chi connectivity index (χ4n) is 4.24.